The van der Waals surface area contributed by atoms with Crippen LogP contribution in [0.3, 0.4) is 0 Å². The molecular formula is C24H23ClN4O3. The highest BCUT2D eigenvalue weighted by molar-refractivity contribution is 6.32. The number of nitrogens with one attached hydrogen (secondary N) is 1. The van der Waals surface area contributed by atoms with Gasteiger partial charge in [-0.3, -0.25) is 4.79 Å². The van der Waals surface area contributed by atoms with E-state index < -0.39 is 0 Å². The van der Waals surface area contributed by atoms with E-state index >= 15 is 0 Å². The topological polar surface area (TPSA) is 78.3 Å². The molecule has 0 aliphatic carbocycles. The summed E-state index contributed by atoms with van der Waals surface area (Å²) in [4.78, 5) is 13.9. The predicted molar refractivity (Wildman–Crippen MR) is 125 cm³/mol. The zero-order valence-corrected chi connectivity index (χ0v) is 18.8. The molecule has 1 amide bonds. The Morgan fingerprint density at radius 1 is 1.00 bits per heavy atom. The number of aryl methyl sites for hydroxylation is 2. The number of anilines is 1. The minimum atomic E-state index is -0.292. The van der Waals surface area contributed by atoms with Crippen LogP contribution in [0.2, 0.25) is 5.02 Å². The van der Waals surface area contributed by atoms with Crippen molar-refractivity contribution in [2.24, 2.45) is 0 Å². The molecule has 0 radical (unpaired) electrons. The average molecular weight is 451 g/mol. The van der Waals surface area contributed by atoms with Gasteiger partial charge in [-0.1, -0.05) is 17.7 Å². The number of halogens is 1. The fraction of sp³-hybridized carbons (Fsp3) is 0.208. The van der Waals surface area contributed by atoms with Gasteiger partial charge in [-0.2, -0.15) is 4.80 Å². The van der Waals surface area contributed by atoms with E-state index in [1.807, 2.05) is 63.2 Å². The maximum absolute atomic E-state index is 12.4. The SMILES string of the molecule is CCOc1ccc(-n2nc3ccc(NC(=O)COc4c(C)cc(C)cc4Cl)cc3n2)cc1. The molecule has 7 nitrogen and oxygen atoms in total. The van der Waals surface area contributed by atoms with Gasteiger partial charge in [0.25, 0.3) is 5.91 Å². The van der Waals surface area contributed by atoms with Crippen molar-refractivity contribution in [2.45, 2.75) is 20.8 Å². The summed E-state index contributed by atoms with van der Waals surface area (Å²) in [5, 5.41) is 12.3. The second-order valence-electron chi connectivity index (χ2n) is 7.35. The van der Waals surface area contributed by atoms with Gasteiger partial charge in [0.2, 0.25) is 0 Å². The van der Waals surface area contributed by atoms with E-state index in [0.717, 1.165) is 28.1 Å². The summed E-state index contributed by atoms with van der Waals surface area (Å²) in [6.45, 7) is 6.25. The minimum Gasteiger partial charge on any atom is -0.494 e. The molecule has 164 valence electrons. The minimum absolute atomic E-state index is 0.152. The van der Waals surface area contributed by atoms with E-state index in [1.165, 1.54) is 0 Å². The summed E-state index contributed by atoms with van der Waals surface area (Å²) < 4.78 is 11.1. The van der Waals surface area contributed by atoms with Gasteiger partial charge in [-0.05, 0) is 80.4 Å². The molecule has 8 heteroatoms. The fourth-order valence-electron chi connectivity index (χ4n) is 3.37. The Bertz CT molecular complexity index is 1250. The van der Waals surface area contributed by atoms with E-state index in [0.29, 0.717) is 28.6 Å². The van der Waals surface area contributed by atoms with Gasteiger partial charge in [-0.25, -0.2) is 0 Å². The van der Waals surface area contributed by atoms with E-state index in [2.05, 4.69) is 15.5 Å². The zero-order chi connectivity index (χ0) is 22.7. The summed E-state index contributed by atoms with van der Waals surface area (Å²) in [5.41, 5.74) is 4.72. The molecule has 4 aromatic rings. The summed E-state index contributed by atoms with van der Waals surface area (Å²) in [6.07, 6.45) is 0. The van der Waals surface area contributed by atoms with Crippen molar-refractivity contribution >= 4 is 34.2 Å². The van der Waals surface area contributed by atoms with Gasteiger partial charge in [0.15, 0.2) is 6.61 Å². The highest BCUT2D eigenvalue weighted by Crippen LogP contribution is 2.29. The molecule has 0 saturated carbocycles. The number of benzene rings is 3. The molecule has 0 atom stereocenters. The molecule has 0 unspecified atom stereocenters. The molecular weight excluding hydrogens is 428 g/mol. The van der Waals surface area contributed by atoms with Crippen LogP contribution in [0, 0.1) is 13.8 Å². The van der Waals surface area contributed by atoms with Crippen LogP contribution in [-0.4, -0.2) is 34.1 Å². The lowest BCUT2D eigenvalue weighted by atomic mass is 10.1. The zero-order valence-electron chi connectivity index (χ0n) is 18.1. The van der Waals surface area contributed by atoms with E-state index in [9.17, 15) is 4.79 Å². The Hall–Kier alpha value is -3.58. The predicted octanol–water partition coefficient (Wildman–Crippen LogP) is 5.11. The second kappa shape index (κ2) is 9.28. The van der Waals surface area contributed by atoms with Gasteiger partial charge < -0.3 is 14.8 Å². The Balaban J connectivity index is 1.44. The summed E-state index contributed by atoms with van der Waals surface area (Å²) >= 11 is 6.24. The number of carbonyl (C=O) groups is 1. The van der Waals surface area contributed by atoms with Crippen LogP contribution in [0.4, 0.5) is 5.69 Å². The van der Waals surface area contributed by atoms with Crippen molar-refractivity contribution in [3.63, 3.8) is 0 Å². The normalized spacial score (nSPS) is 10.9. The number of rotatable bonds is 7. The molecule has 0 aliphatic heterocycles. The second-order valence-corrected chi connectivity index (χ2v) is 7.76. The fourth-order valence-corrected chi connectivity index (χ4v) is 3.75. The van der Waals surface area contributed by atoms with Crippen molar-refractivity contribution in [2.75, 3.05) is 18.5 Å². The Morgan fingerprint density at radius 3 is 2.47 bits per heavy atom. The van der Waals surface area contributed by atoms with Crippen LogP contribution in [0.1, 0.15) is 18.1 Å². The van der Waals surface area contributed by atoms with Crippen molar-refractivity contribution in [1.29, 1.82) is 0 Å². The van der Waals surface area contributed by atoms with Gasteiger partial charge >= 0.3 is 0 Å². The number of hydrogen-bond acceptors (Lipinski definition) is 5. The molecule has 0 aliphatic rings. The summed E-state index contributed by atoms with van der Waals surface area (Å²) in [6, 6.07) is 16.7. The van der Waals surface area contributed by atoms with Crippen molar-refractivity contribution < 1.29 is 14.3 Å². The molecule has 0 fully saturated rings. The highest BCUT2D eigenvalue weighted by atomic mass is 35.5. The van der Waals surface area contributed by atoms with Gasteiger partial charge in [0.05, 0.1) is 17.3 Å². The van der Waals surface area contributed by atoms with Gasteiger partial charge in [0.1, 0.15) is 22.5 Å². The number of nitrogens with zero attached hydrogens (tertiary/aromatic N) is 3. The van der Waals surface area contributed by atoms with Crippen molar-refractivity contribution in [1.82, 2.24) is 15.0 Å². The molecule has 1 heterocycles. The largest absolute Gasteiger partial charge is 0.494 e. The van der Waals surface area contributed by atoms with Crippen LogP contribution < -0.4 is 14.8 Å². The number of amides is 1. The van der Waals surface area contributed by atoms with Crippen molar-refractivity contribution in [3.05, 3.63) is 70.7 Å². The molecule has 3 aromatic carbocycles. The van der Waals surface area contributed by atoms with Crippen LogP contribution in [0.15, 0.2) is 54.6 Å². The number of hydrogen-bond donors (Lipinski definition) is 1. The van der Waals surface area contributed by atoms with Crippen LogP contribution in [0.5, 0.6) is 11.5 Å². The Morgan fingerprint density at radius 2 is 1.75 bits per heavy atom. The monoisotopic (exact) mass is 450 g/mol. The first kappa shape index (κ1) is 21.6. The van der Waals surface area contributed by atoms with E-state index in [-0.39, 0.29) is 12.5 Å². The lowest BCUT2D eigenvalue weighted by molar-refractivity contribution is -0.118. The Labute approximate surface area is 190 Å². The Kier molecular flexibility index (Phi) is 6.28. The van der Waals surface area contributed by atoms with Gasteiger partial charge in [-0.15, -0.1) is 10.2 Å². The van der Waals surface area contributed by atoms with Crippen molar-refractivity contribution in [3.8, 4) is 17.2 Å². The molecule has 4 rings (SSSR count). The van der Waals surface area contributed by atoms with Crippen LogP contribution in [0.25, 0.3) is 16.7 Å². The quantitative estimate of drug-likeness (QED) is 0.423. The van der Waals surface area contributed by atoms with E-state index in [1.54, 1.807) is 16.9 Å². The molecule has 1 N–H and O–H groups in total. The number of ether oxygens (including phenoxy) is 2. The molecule has 0 saturated heterocycles. The first-order valence-corrected chi connectivity index (χ1v) is 10.6. The third kappa shape index (κ3) is 4.84. The highest BCUT2D eigenvalue weighted by Gasteiger charge is 2.11. The smallest absolute Gasteiger partial charge is 0.262 e. The first-order valence-electron chi connectivity index (χ1n) is 10.2. The first-order chi connectivity index (χ1) is 15.4. The third-order valence-electron chi connectivity index (χ3n) is 4.76. The maximum Gasteiger partial charge on any atom is 0.262 e. The van der Waals surface area contributed by atoms with Crippen LogP contribution >= 0.6 is 11.6 Å². The molecule has 32 heavy (non-hydrogen) atoms. The number of aromatic nitrogens is 3. The standard InChI is InChI=1S/C24H23ClN4O3/c1-4-31-19-8-6-18(7-9-19)29-27-21-10-5-17(13-22(21)28-29)26-23(30)14-32-24-16(3)11-15(2)12-20(24)25/h5-13H,4,14H2,1-3H3,(H,26,30). The number of carbonyl (C=O) groups excluding carboxylic acids is 1. The van der Waals surface area contributed by atoms with Crippen LogP contribution in [-0.2, 0) is 4.79 Å². The van der Waals surface area contributed by atoms with E-state index in [4.69, 9.17) is 21.1 Å². The van der Waals surface area contributed by atoms with Gasteiger partial charge in [0, 0.05) is 5.69 Å². The number of fused-ring (bicyclic) bond motifs is 1. The third-order valence-corrected chi connectivity index (χ3v) is 5.04. The lowest BCUT2D eigenvalue weighted by Gasteiger charge is -2.12. The summed E-state index contributed by atoms with van der Waals surface area (Å²) in [5.74, 6) is 1.02. The average Bonchev–Trinajstić information content (AvgIpc) is 3.17. The lowest BCUT2D eigenvalue weighted by Crippen LogP contribution is -2.20. The molecule has 0 spiro atoms. The molecule has 0 bridgehead atoms. The summed E-state index contributed by atoms with van der Waals surface area (Å²) in [7, 11) is 0. The molecule has 1 aromatic heterocycles. The maximum atomic E-state index is 12.4.